The Balaban J connectivity index is 1.43. The molecule has 0 saturated carbocycles. The predicted octanol–water partition coefficient (Wildman–Crippen LogP) is 4.57. The molecule has 3 heterocycles. The molecule has 38 heavy (non-hydrogen) atoms. The molecule has 0 spiro atoms. The van der Waals surface area contributed by atoms with Gasteiger partial charge in [-0.3, -0.25) is 23.7 Å². The lowest BCUT2D eigenvalue weighted by atomic mass is 9.95. The highest BCUT2D eigenvalue weighted by molar-refractivity contribution is 7.20. The van der Waals surface area contributed by atoms with Crippen LogP contribution in [-0.2, 0) is 17.6 Å². The molecule has 5 rings (SSSR count). The lowest BCUT2D eigenvalue weighted by molar-refractivity contribution is -0.118. The van der Waals surface area contributed by atoms with E-state index in [1.54, 1.807) is 13.8 Å². The van der Waals surface area contributed by atoms with E-state index in [9.17, 15) is 19.2 Å². The Kier molecular flexibility index (Phi) is 6.89. The van der Waals surface area contributed by atoms with Crippen molar-refractivity contribution >= 4 is 61.3 Å². The van der Waals surface area contributed by atoms with Gasteiger partial charge < -0.3 is 16.4 Å². The number of anilines is 2. The molecular formula is C27H27N5O4S2. The molecule has 3 amide bonds. The second kappa shape index (κ2) is 10.1. The van der Waals surface area contributed by atoms with Crippen molar-refractivity contribution in [1.29, 1.82) is 0 Å². The number of amides is 3. The highest BCUT2D eigenvalue weighted by Crippen LogP contribution is 2.38. The summed E-state index contributed by atoms with van der Waals surface area (Å²) in [6.45, 7) is 5.20. The van der Waals surface area contributed by atoms with Crippen molar-refractivity contribution in [2.75, 3.05) is 10.6 Å². The minimum Gasteiger partial charge on any atom is -0.365 e. The van der Waals surface area contributed by atoms with Crippen molar-refractivity contribution in [2.24, 2.45) is 5.73 Å². The lowest BCUT2D eigenvalue weighted by Crippen LogP contribution is -2.32. The smallest absolute Gasteiger partial charge is 0.266 e. The fourth-order valence-electron chi connectivity index (χ4n) is 4.78. The third kappa shape index (κ3) is 4.52. The highest BCUT2D eigenvalue weighted by atomic mass is 32.1. The van der Waals surface area contributed by atoms with E-state index in [1.807, 2.05) is 31.2 Å². The summed E-state index contributed by atoms with van der Waals surface area (Å²) in [6.07, 6.45) is 4.93. The van der Waals surface area contributed by atoms with Crippen LogP contribution in [0.3, 0.4) is 0 Å². The number of hydrogen-bond acceptors (Lipinski definition) is 7. The average molecular weight is 550 g/mol. The number of aromatic nitrogens is 2. The van der Waals surface area contributed by atoms with Crippen LogP contribution in [0.15, 0.2) is 35.4 Å². The molecular weight excluding hydrogens is 522 g/mol. The van der Waals surface area contributed by atoms with Gasteiger partial charge in [-0.25, -0.2) is 4.98 Å². The van der Waals surface area contributed by atoms with E-state index >= 15 is 0 Å². The Morgan fingerprint density at radius 2 is 1.82 bits per heavy atom. The SMILES string of the molecule is Cc1ccccc1NC(=O)c1sc2ncn(C(C)C(=O)Nc3sc4c(c3C(N)=O)CCCC4)c(=O)c2c1C. The van der Waals surface area contributed by atoms with Crippen LogP contribution in [-0.4, -0.2) is 27.3 Å². The lowest BCUT2D eigenvalue weighted by Gasteiger charge is -2.15. The standard InChI is InChI=1S/C27H27N5O4S2/c1-13-8-4-6-10-17(13)30-24(35)21-14(2)19-25(38-21)29-12-32(27(19)36)15(3)23(34)31-26-20(22(28)33)16-9-5-7-11-18(16)37-26/h4,6,8,10,12,15H,5,7,9,11H2,1-3H3,(H2,28,33)(H,30,35)(H,31,34). The van der Waals surface area contributed by atoms with Crippen LogP contribution >= 0.6 is 22.7 Å². The summed E-state index contributed by atoms with van der Waals surface area (Å²) in [5, 5.41) is 6.45. The van der Waals surface area contributed by atoms with Crippen molar-refractivity contribution in [1.82, 2.24) is 9.55 Å². The number of fused-ring (bicyclic) bond motifs is 2. The third-order valence-corrected chi connectivity index (χ3v) is 9.33. The topological polar surface area (TPSA) is 136 Å². The Morgan fingerprint density at radius 3 is 2.55 bits per heavy atom. The maximum absolute atomic E-state index is 13.5. The fraction of sp³-hybridized carbons (Fsp3) is 0.296. The summed E-state index contributed by atoms with van der Waals surface area (Å²) in [7, 11) is 0. The van der Waals surface area contributed by atoms with Crippen molar-refractivity contribution < 1.29 is 14.4 Å². The molecule has 3 aromatic heterocycles. The number of nitrogens with zero attached hydrogens (tertiary/aromatic N) is 2. The van der Waals surface area contributed by atoms with Gasteiger partial charge in [0.25, 0.3) is 17.4 Å². The number of carbonyl (C=O) groups is 3. The zero-order chi connectivity index (χ0) is 27.1. The Morgan fingerprint density at radius 1 is 1.08 bits per heavy atom. The van der Waals surface area contributed by atoms with Gasteiger partial charge in [0.15, 0.2) is 0 Å². The van der Waals surface area contributed by atoms with E-state index in [1.165, 1.54) is 22.2 Å². The van der Waals surface area contributed by atoms with E-state index in [-0.39, 0.29) is 5.91 Å². The van der Waals surface area contributed by atoms with Gasteiger partial charge in [0.2, 0.25) is 5.91 Å². The number of nitrogens with two attached hydrogens (primary N) is 1. The van der Waals surface area contributed by atoms with Gasteiger partial charge in [-0.15, -0.1) is 22.7 Å². The van der Waals surface area contributed by atoms with Crippen LogP contribution in [0, 0.1) is 13.8 Å². The van der Waals surface area contributed by atoms with Crippen molar-refractivity contribution in [2.45, 2.75) is 52.5 Å². The highest BCUT2D eigenvalue weighted by Gasteiger charge is 2.28. The zero-order valence-corrected chi connectivity index (χ0v) is 22.8. The fourth-order valence-corrected chi connectivity index (χ4v) is 7.11. The molecule has 1 aromatic carbocycles. The molecule has 0 aliphatic heterocycles. The third-order valence-electron chi connectivity index (χ3n) is 6.93. The normalized spacial score (nSPS) is 13.7. The molecule has 11 heteroatoms. The first-order valence-electron chi connectivity index (χ1n) is 12.3. The van der Waals surface area contributed by atoms with Crippen molar-refractivity contribution in [3.8, 4) is 0 Å². The number of aryl methyl sites for hydroxylation is 3. The second-order valence-corrected chi connectivity index (χ2v) is 11.5. The van der Waals surface area contributed by atoms with Crippen LogP contribution < -0.4 is 21.9 Å². The van der Waals surface area contributed by atoms with Crippen LogP contribution in [0.25, 0.3) is 10.2 Å². The molecule has 0 fully saturated rings. The summed E-state index contributed by atoms with van der Waals surface area (Å²) in [6, 6.07) is 6.53. The average Bonchev–Trinajstić information content (AvgIpc) is 3.43. The molecule has 0 saturated heterocycles. The Labute approximate surface area is 226 Å². The molecule has 0 bridgehead atoms. The molecule has 1 unspecified atom stereocenters. The van der Waals surface area contributed by atoms with Gasteiger partial charge in [0, 0.05) is 10.6 Å². The quantitative estimate of drug-likeness (QED) is 0.324. The van der Waals surface area contributed by atoms with Gasteiger partial charge in [-0.05, 0) is 69.2 Å². The summed E-state index contributed by atoms with van der Waals surface area (Å²) in [5.74, 6) is -1.35. The van der Waals surface area contributed by atoms with E-state index in [0.29, 0.717) is 36.9 Å². The number of primary amides is 1. The first kappa shape index (κ1) is 25.8. The van der Waals surface area contributed by atoms with Gasteiger partial charge in [0.05, 0.1) is 22.2 Å². The van der Waals surface area contributed by atoms with Crippen LogP contribution in [0.5, 0.6) is 0 Å². The summed E-state index contributed by atoms with van der Waals surface area (Å²) in [4.78, 5) is 58.2. The maximum Gasteiger partial charge on any atom is 0.266 e. The second-order valence-electron chi connectivity index (χ2n) is 9.41. The monoisotopic (exact) mass is 549 g/mol. The largest absolute Gasteiger partial charge is 0.365 e. The predicted molar refractivity (Wildman–Crippen MR) is 151 cm³/mol. The van der Waals surface area contributed by atoms with E-state index in [4.69, 9.17) is 5.73 Å². The molecule has 0 radical (unpaired) electrons. The number of carbonyl (C=O) groups excluding carboxylic acids is 3. The van der Waals surface area contributed by atoms with E-state index < -0.39 is 23.4 Å². The molecule has 1 aliphatic rings. The number of thiophene rings is 2. The summed E-state index contributed by atoms with van der Waals surface area (Å²) >= 11 is 2.51. The first-order chi connectivity index (χ1) is 18.2. The number of benzene rings is 1. The number of nitrogens with one attached hydrogen (secondary N) is 2. The van der Waals surface area contributed by atoms with Crippen molar-refractivity contribution in [3.05, 3.63) is 73.0 Å². The van der Waals surface area contributed by atoms with Gasteiger partial charge in [-0.1, -0.05) is 18.2 Å². The number of rotatable bonds is 6. The molecule has 1 atom stereocenters. The van der Waals surface area contributed by atoms with E-state index in [2.05, 4.69) is 15.6 Å². The van der Waals surface area contributed by atoms with Gasteiger partial charge in [0.1, 0.15) is 15.9 Å². The molecule has 1 aliphatic carbocycles. The van der Waals surface area contributed by atoms with Gasteiger partial charge >= 0.3 is 0 Å². The Bertz CT molecular complexity index is 1670. The summed E-state index contributed by atoms with van der Waals surface area (Å²) in [5.41, 5.74) is 8.65. The van der Waals surface area contributed by atoms with Crippen LogP contribution in [0.4, 0.5) is 10.7 Å². The van der Waals surface area contributed by atoms with Crippen molar-refractivity contribution in [3.63, 3.8) is 0 Å². The number of para-hydroxylation sites is 1. The summed E-state index contributed by atoms with van der Waals surface area (Å²) < 4.78 is 1.25. The zero-order valence-electron chi connectivity index (χ0n) is 21.2. The van der Waals surface area contributed by atoms with Crippen LogP contribution in [0.1, 0.15) is 67.4 Å². The van der Waals surface area contributed by atoms with Crippen LogP contribution in [0.2, 0.25) is 0 Å². The molecule has 196 valence electrons. The molecule has 4 aromatic rings. The molecule has 9 nitrogen and oxygen atoms in total. The maximum atomic E-state index is 13.5. The number of hydrogen-bond donors (Lipinski definition) is 3. The van der Waals surface area contributed by atoms with Gasteiger partial charge in [-0.2, -0.15) is 0 Å². The Hall–Kier alpha value is -3.83. The van der Waals surface area contributed by atoms with E-state index in [0.717, 1.165) is 53.0 Å². The first-order valence-corrected chi connectivity index (χ1v) is 13.9. The minimum absolute atomic E-state index is 0.302. The minimum atomic E-state index is -0.914. The molecule has 4 N–H and O–H groups in total.